The molecule has 3 amide bonds. The summed E-state index contributed by atoms with van der Waals surface area (Å²) >= 11 is 0. The summed E-state index contributed by atoms with van der Waals surface area (Å²) in [4.78, 5) is 38.4. The zero-order chi connectivity index (χ0) is 21.7. The summed E-state index contributed by atoms with van der Waals surface area (Å²) in [5, 5.41) is 10.2. The van der Waals surface area contributed by atoms with Crippen molar-refractivity contribution in [3.05, 3.63) is 35.4 Å². The zero-order valence-electron chi connectivity index (χ0n) is 18.0. The number of hydrogen-bond acceptors (Lipinski definition) is 5. The minimum Gasteiger partial charge on any atom is -0.347 e. The van der Waals surface area contributed by atoms with E-state index in [1.807, 2.05) is 19.1 Å². The van der Waals surface area contributed by atoms with E-state index in [0.717, 1.165) is 19.3 Å². The van der Waals surface area contributed by atoms with E-state index >= 15 is 0 Å². The van der Waals surface area contributed by atoms with Gasteiger partial charge in [0.25, 0.3) is 5.91 Å². The Morgan fingerprint density at radius 2 is 2.00 bits per heavy atom. The molecule has 1 aliphatic heterocycles. The Hall–Kier alpha value is -2.45. The maximum Gasteiger partial charge on any atom is 0.259 e. The Labute approximate surface area is 178 Å². The number of benzene rings is 1. The highest BCUT2D eigenvalue weighted by molar-refractivity contribution is 5.93. The van der Waals surface area contributed by atoms with Crippen LogP contribution in [0.1, 0.15) is 56.7 Å². The van der Waals surface area contributed by atoms with Crippen LogP contribution in [0.15, 0.2) is 24.3 Å². The summed E-state index contributed by atoms with van der Waals surface area (Å²) in [5.41, 5.74) is 5.48. The van der Waals surface area contributed by atoms with Crippen LogP contribution in [0.5, 0.6) is 0 Å². The smallest absolute Gasteiger partial charge is 0.259 e. The lowest BCUT2D eigenvalue weighted by Crippen LogP contribution is -2.58. The van der Waals surface area contributed by atoms with Gasteiger partial charge in [-0.3, -0.25) is 19.4 Å². The molecule has 4 N–H and O–H groups in total. The number of hydrogen-bond donors (Lipinski definition) is 4. The van der Waals surface area contributed by atoms with Gasteiger partial charge in [0.05, 0.1) is 12.1 Å². The lowest BCUT2D eigenvalue weighted by molar-refractivity contribution is -0.144. The predicted octanol–water partition coefficient (Wildman–Crippen LogP) is 0.788. The van der Waals surface area contributed by atoms with Crippen molar-refractivity contribution in [1.29, 1.82) is 0 Å². The van der Waals surface area contributed by atoms with E-state index in [1.165, 1.54) is 16.1 Å². The molecule has 1 heterocycles. The fourth-order valence-electron chi connectivity index (χ4n) is 4.15. The molecular formula is C22H33N5O3. The molecule has 8 nitrogen and oxygen atoms in total. The predicted molar refractivity (Wildman–Crippen MR) is 114 cm³/mol. The second-order valence-electron chi connectivity index (χ2n) is 8.05. The number of likely N-dealkylation sites (N-methyl/N-ethyl adjacent to an activating group) is 1. The van der Waals surface area contributed by atoms with Crippen molar-refractivity contribution in [3.63, 3.8) is 0 Å². The summed E-state index contributed by atoms with van der Waals surface area (Å²) in [5.74, 6) is -0.674. The van der Waals surface area contributed by atoms with Crippen LogP contribution in [0.3, 0.4) is 0 Å². The molecule has 0 bridgehead atoms. The molecule has 8 heteroatoms. The monoisotopic (exact) mass is 415 g/mol. The van der Waals surface area contributed by atoms with E-state index in [0.29, 0.717) is 19.4 Å². The van der Waals surface area contributed by atoms with Crippen molar-refractivity contribution in [3.8, 4) is 0 Å². The molecule has 1 fully saturated rings. The van der Waals surface area contributed by atoms with Gasteiger partial charge in [-0.25, -0.2) is 5.43 Å². The quantitative estimate of drug-likeness (QED) is 0.527. The molecule has 0 saturated carbocycles. The highest BCUT2D eigenvalue weighted by Crippen LogP contribution is 2.29. The molecular weight excluding hydrogens is 382 g/mol. The first-order chi connectivity index (χ1) is 14.5. The Morgan fingerprint density at radius 3 is 2.73 bits per heavy atom. The molecule has 0 radical (unpaired) electrons. The Kier molecular flexibility index (Phi) is 7.44. The summed E-state index contributed by atoms with van der Waals surface area (Å²) in [7, 11) is 1.69. The summed E-state index contributed by atoms with van der Waals surface area (Å²) in [6.07, 6.45) is 3.95. The van der Waals surface area contributed by atoms with Gasteiger partial charge in [-0.05, 0) is 57.2 Å². The second-order valence-corrected chi connectivity index (χ2v) is 8.05. The van der Waals surface area contributed by atoms with Gasteiger partial charge in [-0.2, -0.15) is 0 Å². The van der Waals surface area contributed by atoms with Gasteiger partial charge in [0.1, 0.15) is 12.1 Å². The fraction of sp³-hybridized carbons (Fsp3) is 0.591. The van der Waals surface area contributed by atoms with E-state index in [-0.39, 0.29) is 23.8 Å². The lowest BCUT2D eigenvalue weighted by Gasteiger charge is -2.31. The van der Waals surface area contributed by atoms with E-state index < -0.39 is 18.1 Å². The molecule has 4 atom stereocenters. The van der Waals surface area contributed by atoms with Gasteiger partial charge in [-0.15, -0.1) is 0 Å². The first-order valence-corrected chi connectivity index (χ1v) is 10.9. The number of fused-ring (bicyclic) bond motifs is 1. The van der Waals surface area contributed by atoms with Crippen molar-refractivity contribution in [1.82, 2.24) is 26.4 Å². The molecule has 0 spiro atoms. The molecule has 1 aromatic rings. The molecule has 30 heavy (non-hydrogen) atoms. The average Bonchev–Trinajstić information content (AvgIpc) is 3.26. The molecule has 2 aliphatic rings. The van der Waals surface area contributed by atoms with Gasteiger partial charge in [-0.1, -0.05) is 31.2 Å². The van der Waals surface area contributed by atoms with Crippen molar-refractivity contribution < 1.29 is 14.4 Å². The van der Waals surface area contributed by atoms with Gasteiger partial charge in [0.2, 0.25) is 11.8 Å². The topological polar surface area (TPSA) is 103 Å². The third kappa shape index (κ3) is 4.82. The fourth-order valence-corrected chi connectivity index (χ4v) is 4.15. The zero-order valence-corrected chi connectivity index (χ0v) is 18.0. The summed E-state index contributed by atoms with van der Waals surface area (Å²) in [6.45, 7) is 4.12. The highest BCUT2D eigenvalue weighted by atomic mass is 16.2. The highest BCUT2D eigenvalue weighted by Gasteiger charge is 2.38. The number of rotatable bonds is 7. The molecule has 1 aliphatic carbocycles. The maximum absolute atomic E-state index is 13.1. The van der Waals surface area contributed by atoms with Crippen molar-refractivity contribution in [2.45, 2.75) is 70.1 Å². The van der Waals surface area contributed by atoms with Gasteiger partial charge < -0.3 is 16.0 Å². The van der Waals surface area contributed by atoms with Gasteiger partial charge in [0.15, 0.2) is 0 Å². The molecule has 1 aromatic carbocycles. The van der Waals surface area contributed by atoms with Crippen molar-refractivity contribution >= 4 is 17.7 Å². The van der Waals surface area contributed by atoms with Crippen LogP contribution in [0.4, 0.5) is 0 Å². The third-order valence-electron chi connectivity index (χ3n) is 6.09. The first-order valence-electron chi connectivity index (χ1n) is 10.9. The lowest BCUT2D eigenvalue weighted by atomic mass is 9.87. The van der Waals surface area contributed by atoms with Crippen LogP contribution >= 0.6 is 0 Å². The van der Waals surface area contributed by atoms with E-state index in [2.05, 4.69) is 33.5 Å². The Bertz CT molecular complexity index is 784. The molecule has 164 valence electrons. The maximum atomic E-state index is 13.1. The molecule has 3 rings (SSSR count). The Balaban J connectivity index is 1.67. The van der Waals surface area contributed by atoms with E-state index in [4.69, 9.17) is 0 Å². The van der Waals surface area contributed by atoms with Crippen LogP contribution in [0.25, 0.3) is 0 Å². The normalized spacial score (nSPS) is 22.7. The van der Waals surface area contributed by atoms with Crippen LogP contribution in [0.2, 0.25) is 0 Å². The average molecular weight is 416 g/mol. The van der Waals surface area contributed by atoms with Crippen LogP contribution in [0, 0.1) is 0 Å². The number of carbonyl (C=O) groups excluding carboxylic acids is 3. The molecule has 1 saturated heterocycles. The van der Waals surface area contributed by atoms with Crippen LogP contribution in [-0.2, 0) is 20.8 Å². The van der Waals surface area contributed by atoms with Gasteiger partial charge in [0, 0.05) is 6.54 Å². The summed E-state index contributed by atoms with van der Waals surface area (Å²) < 4.78 is 0. The minimum absolute atomic E-state index is 0.0295. The molecule has 0 aromatic heterocycles. The number of hydrazine groups is 1. The third-order valence-corrected chi connectivity index (χ3v) is 6.09. The first kappa shape index (κ1) is 22.2. The van der Waals surface area contributed by atoms with E-state index in [1.54, 1.807) is 14.0 Å². The minimum atomic E-state index is -0.676. The molecule has 0 unspecified atom stereocenters. The largest absolute Gasteiger partial charge is 0.347 e. The standard InChI is InChI=1S/C22H33N5O3/c1-4-17(25-20(28)14(2)23-3)22(30)27-19(12-13-24-27)21(29)26-18-11-7-9-15-8-5-6-10-16(15)18/h5-6,8,10,14,17-19,23-24H,4,7,9,11-13H2,1-3H3,(H,25,28)(H,26,29)/t14-,17-,18+,19-/m0/s1. The Morgan fingerprint density at radius 1 is 1.23 bits per heavy atom. The number of nitrogens with zero attached hydrogens (tertiary/aromatic N) is 1. The number of aryl methyl sites for hydroxylation is 1. The van der Waals surface area contributed by atoms with E-state index in [9.17, 15) is 14.4 Å². The number of nitrogens with one attached hydrogen (secondary N) is 4. The van der Waals surface area contributed by atoms with Crippen LogP contribution < -0.4 is 21.4 Å². The van der Waals surface area contributed by atoms with Crippen LogP contribution in [-0.4, -0.2) is 54.4 Å². The van der Waals surface area contributed by atoms with Gasteiger partial charge >= 0.3 is 0 Å². The summed E-state index contributed by atoms with van der Waals surface area (Å²) in [6, 6.07) is 6.52. The number of amides is 3. The second kappa shape index (κ2) is 10.0. The SMILES string of the molecule is CC[C@H](NC(=O)[C@H](C)NC)C(=O)N1NCC[C@H]1C(=O)N[C@@H]1CCCc2ccccc21. The number of carbonyl (C=O) groups is 3. The van der Waals surface area contributed by atoms with Crippen molar-refractivity contribution in [2.75, 3.05) is 13.6 Å². The van der Waals surface area contributed by atoms with Crippen molar-refractivity contribution in [2.24, 2.45) is 0 Å².